The molecular formula is C13H11BrF3N3O. The van der Waals surface area contributed by atoms with Crippen molar-refractivity contribution in [1.82, 2.24) is 14.9 Å². The molecule has 112 valence electrons. The fourth-order valence-electron chi connectivity index (χ4n) is 1.85. The maximum atomic E-state index is 12.5. The molecule has 8 heteroatoms. The minimum atomic E-state index is -4.44. The Morgan fingerprint density at radius 1 is 1.19 bits per heavy atom. The van der Waals surface area contributed by atoms with E-state index in [4.69, 9.17) is 0 Å². The number of alkyl halides is 4. The van der Waals surface area contributed by atoms with E-state index < -0.39 is 18.6 Å². The van der Waals surface area contributed by atoms with Gasteiger partial charge >= 0.3 is 6.18 Å². The van der Waals surface area contributed by atoms with Crippen LogP contribution in [0.4, 0.5) is 13.2 Å². The van der Waals surface area contributed by atoms with Crippen molar-refractivity contribution in [3.8, 4) is 0 Å². The molecular weight excluding hydrogens is 351 g/mol. The maximum Gasteiger partial charge on any atom is 0.406 e. The van der Waals surface area contributed by atoms with Gasteiger partial charge in [0, 0.05) is 29.8 Å². The molecule has 2 rings (SSSR count). The molecule has 0 spiro atoms. The number of carbonyl (C=O) groups excluding carboxylic acids is 1. The van der Waals surface area contributed by atoms with E-state index in [1.807, 2.05) is 0 Å². The largest absolute Gasteiger partial charge is 0.406 e. The molecule has 0 unspecified atom stereocenters. The number of carbonyl (C=O) groups is 1. The second-order valence-electron chi connectivity index (χ2n) is 4.29. The number of nitrogens with zero attached hydrogens (tertiary/aromatic N) is 3. The van der Waals surface area contributed by atoms with Crippen molar-refractivity contribution in [3.05, 3.63) is 36.2 Å². The summed E-state index contributed by atoms with van der Waals surface area (Å²) < 4.78 is 37.6. The van der Waals surface area contributed by atoms with Gasteiger partial charge in [0.15, 0.2) is 0 Å². The van der Waals surface area contributed by atoms with Crippen LogP contribution in [0.1, 0.15) is 10.4 Å². The summed E-state index contributed by atoms with van der Waals surface area (Å²) in [4.78, 5) is 21.1. The normalized spacial score (nSPS) is 11.6. The third kappa shape index (κ3) is 4.13. The molecule has 0 aliphatic heterocycles. The van der Waals surface area contributed by atoms with Crippen LogP contribution < -0.4 is 0 Å². The van der Waals surface area contributed by atoms with E-state index in [0.717, 1.165) is 4.90 Å². The van der Waals surface area contributed by atoms with Crippen molar-refractivity contribution >= 4 is 32.9 Å². The highest BCUT2D eigenvalue weighted by atomic mass is 79.9. The van der Waals surface area contributed by atoms with Crippen LogP contribution in [-0.2, 0) is 0 Å². The molecule has 2 aromatic rings. The van der Waals surface area contributed by atoms with E-state index in [1.165, 1.54) is 24.5 Å². The molecule has 0 atom stereocenters. The first-order chi connectivity index (χ1) is 9.90. The Balaban J connectivity index is 2.29. The summed E-state index contributed by atoms with van der Waals surface area (Å²) in [5.74, 6) is -0.681. The summed E-state index contributed by atoms with van der Waals surface area (Å²) in [5, 5.41) is 0.266. The van der Waals surface area contributed by atoms with Crippen LogP contribution in [0.3, 0.4) is 0 Å². The Morgan fingerprint density at radius 3 is 2.48 bits per heavy atom. The van der Waals surface area contributed by atoms with Crippen LogP contribution in [0, 0.1) is 0 Å². The minimum absolute atomic E-state index is 0.0309. The highest BCUT2D eigenvalue weighted by Gasteiger charge is 2.33. The van der Waals surface area contributed by atoms with E-state index in [2.05, 4.69) is 25.9 Å². The average molecular weight is 362 g/mol. The smallest absolute Gasteiger partial charge is 0.329 e. The summed E-state index contributed by atoms with van der Waals surface area (Å²) in [6, 6.07) is 4.47. The first kappa shape index (κ1) is 15.7. The van der Waals surface area contributed by atoms with Crippen molar-refractivity contribution in [2.24, 2.45) is 0 Å². The molecule has 0 fully saturated rings. The number of hydrogen-bond acceptors (Lipinski definition) is 3. The molecule has 0 radical (unpaired) electrons. The number of fused-ring (bicyclic) bond motifs is 1. The van der Waals surface area contributed by atoms with Gasteiger partial charge in [-0.05, 0) is 18.2 Å². The first-order valence-electron chi connectivity index (χ1n) is 6.03. The van der Waals surface area contributed by atoms with Crippen LogP contribution in [0.2, 0.25) is 0 Å². The Bertz CT molecular complexity index is 648. The Kier molecular flexibility index (Phi) is 4.76. The molecule has 0 aliphatic carbocycles. The number of aromatic nitrogens is 2. The zero-order chi connectivity index (χ0) is 15.5. The average Bonchev–Trinajstić information content (AvgIpc) is 2.44. The van der Waals surface area contributed by atoms with Gasteiger partial charge in [-0.1, -0.05) is 15.9 Å². The van der Waals surface area contributed by atoms with Gasteiger partial charge in [0.1, 0.15) is 6.54 Å². The van der Waals surface area contributed by atoms with Gasteiger partial charge in [0.05, 0.1) is 11.0 Å². The number of benzene rings is 1. The van der Waals surface area contributed by atoms with E-state index in [9.17, 15) is 18.0 Å². The molecule has 1 heterocycles. The fourth-order valence-corrected chi connectivity index (χ4v) is 2.28. The van der Waals surface area contributed by atoms with Crippen molar-refractivity contribution in [2.75, 3.05) is 18.4 Å². The van der Waals surface area contributed by atoms with Gasteiger partial charge in [-0.25, -0.2) is 0 Å². The molecule has 0 bridgehead atoms. The molecule has 4 nitrogen and oxygen atoms in total. The number of rotatable bonds is 4. The van der Waals surface area contributed by atoms with Gasteiger partial charge in [-0.2, -0.15) is 13.2 Å². The molecule has 0 saturated heterocycles. The zero-order valence-electron chi connectivity index (χ0n) is 10.8. The summed E-state index contributed by atoms with van der Waals surface area (Å²) in [5.41, 5.74) is 1.21. The van der Waals surface area contributed by atoms with Crippen LogP contribution in [0.15, 0.2) is 30.6 Å². The van der Waals surface area contributed by atoms with Gasteiger partial charge in [-0.3, -0.25) is 14.8 Å². The quantitative estimate of drug-likeness (QED) is 0.786. The van der Waals surface area contributed by atoms with Gasteiger partial charge < -0.3 is 4.90 Å². The minimum Gasteiger partial charge on any atom is -0.329 e. The van der Waals surface area contributed by atoms with Gasteiger partial charge in [0.2, 0.25) is 0 Å². The predicted molar refractivity (Wildman–Crippen MR) is 75.3 cm³/mol. The van der Waals surface area contributed by atoms with Crippen molar-refractivity contribution in [2.45, 2.75) is 6.18 Å². The molecule has 0 aliphatic rings. The molecule has 1 aromatic heterocycles. The number of halogens is 4. The summed E-state index contributed by atoms with van der Waals surface area (Å²) in [7, 11) is 0. The van der Waals surface area contributed by atoms with Crippen LogP contribution in [0.5, 0.6) is 0 Å². The van der Waals surface area contributed by atoms with Crippen LogP contribution >= 0.6 is 15.9 Å². The molecule has 1 aromatic carbocycles. The molecule has 21 heavy (non-hydrogen) atoms. The third-order valence-corrected chi connectivity index (χ3v) is 3.08. The second kappa shape index (κ2) is 6.38. The number of amides is 1. The predicted octanol–water partition coefficient (Wildman–Crippen LogP) is 3.03. The topological polar surface area (TPSA) is 46.1 Å². The lowest BCUT2D eigenvalue weighted by Crippen LogP contribution is -2.40. The van der Waals surface area contributed by atoms with Crippen molar-refractivity contribution in [3.63, 3.8) is 0 Å². The van der Waals surface area contributed by atoms with E-state index in [0.29, 0.717) is 11.0 Å². The van der Waals surface area contributed by atoms with Crippen molar-refractivity contribution < 1.29 is 18.0 Å². The zero-order valence-corrected chi connectivity index (χ0v) is 12.4. The second-order valence-corrected chi connectivity index (χ2v) is 5.08. The van der Waals surface area contributed by atoms with E-state index in [1.54, 1.807) is 6.07 Å². The molecule has 0 N–H and O–H groups in total. The Labute approximate surface area is 127 Å². The summed E-state index contributed by atoms with van der Waals surface area (Å²) >= 11 is 3.05. The SMILES string of the molecule is O=C(c1ccc2nccnc2c1)N(CCBr)CC(F)(F)F. The maximum absolute atomic E-state index is 12.5. The van der Waals surface area contributed by atoms with Crippen LogP contribution in [0.25, 0.3) is 11.0 Å². The van der Waals surface area contributed by atoms with Gasteiger partial charge in [-0.15, -0.1) is 0 Å². The van der Waals surface area contributed by atoms with E-state index >= 15 is 0 Å². The van der Waals surface area contributed by atoms with Gasteiger partial charge in [0.25, 0.3) is 5.91 Å². The summed E-state index contributed by atoms with van der Waals surface area (Å²) in [6.45, 7) is -1.31. The van der Waals surface area contributed by atoms with Crippen molar-refractivity contribution in [1.29, 1.82) is 0 Å². The third-order valence-electron chi connectivity index (χ3n) is 2.73. The fraction of sp³-hybridized carbons (Fsp3) is 0.308. The Hall–Kier alpha value is -1.70. The lowest BCUT2D eigenvalue weighted by Gasteiger charge is -2.23. The lowest BCUT2D eigenvalue weighted by atomic mass is 10.1. The monoisotopic (exact) mass is 361 g/mol. The Morgan fingerprint density at radius 2 is 1.86 bits per heavy atom. The summed E-state index contributed by atoms with van der Waals surface area (Å²) in [6.07, 6.45) is -1.47. The molecule has 0 saturated carbocycles. The first-order valence-corrected chi connectivity index (χ1v) is 7.15. The van der Waals surface area contributed by atoms with E-state index in [-0.39, 0.29) is 17.4 Å². The molecule has 1 amide bonds. The highest BCUT2D eigenvalue weighted by molar-refractivity contribution is 9.09. The van der Waals surface area contributed by atoms with Crippen LogP contribution in [-0.4, -0.2) is 45.4 Å². The number of hydrogen-bond donors (Lipinski definition) is 0. The standard InChI is InChI=1S/C13H11BrF3N3O/c14-3-6-20(8-13(15,16)17)12(21)9-1-2-10-11(7-9)19-5-4-18-10/h1-2,4-5,7H,3,6,8H2. The lowest BCUT2D eigenvalue weighted by molar-refractivity contribution is -0.140. The highest BCUT2D eigenvalue weighted by Crippen LogP contribution is 2.19.